The molecule has 0 saturated carbocycles. The number of rotatable bonds is 7. The van der Waals surface area contributed by atoms with Crippen LogP contribution in [0.5, 0.6) is 0 Å². The van der Waals surface area contributed by atoms with Crippen LogP contribution in [0.25, 0.3) is 0 Å². The van der Waals surface area contributed by atoms with Crippen LogP contribution in [-0.4, -0.2) is 24.2 Å². The SMILES string of the molecule is CC=CC=CC(=O)NCCCC(C)CO. The summed E-state index contributed by atoms with van der Waals surface area (Å²) < 4.78 is 0. The van der Waals surface area contributed by atoms with Crippen molar-refractivity contribution in [2.75, 3.05) is 13.2 Å². The Bertz CT molecular complexity index is 222. The van der Waals surface area contributed by atoms with Gasteiger partial charge in [0, 0.05) is 19.2 Å². The van der Waals surface area contributed by atoms with Gasteiger partial charge in [0.05, 0.1) is 0 Å². The van der Waals surface area contributed by atoms with Crippen molar-refractivity contribution in [2.45, 2.75) is 26.7 Å². The number of carbonyl (C=O) groups excluding carboxylic acids is 1. The molecule has 0 aromatic carbocycles. The molecule has 0 aromatic rings. The Balaban J connectivity index is 3.47. The van der Waals surface area contributed by atoms with E-state index in [1.54, 1.807) is 6.08 Å². The van der Waals surface area contributed by atoms with E-state index in [0.717, 1.165) is 12.8 Å². The van der Waals surface area contributed by atoms with Crippen molar-refractivity contribution in [3.8, 4) is 0 Å². The van der Waals surface area contributed by atoms with E-state index in [1.807, 2.05) is 26.0 Å². The zero-order valence-corrected chi connectivity index (χ0v) is 9.57. The van der Waals surface area contributed by atoms with E-state index in [1.165, 1.54) is 6.08 Å². The highest BCUT2D eigenvalue weighted by Crippen LogP contribution is 2.02. The highest BCUT2D eigenvalue weighted by atomic mass is 16.3. The van der Waals surface area contributed by atoms with Crippen LogP contribution < -0.4 is 5.32 Å². The fourth-order valence-corrected chi connectivity index (χ4v) is 1.07. The Kier molecular flexibility index (Phi) is 8.78. The van der Waals surface area contributed by atoms with Gasteiger partial charge in [-0.15, -0.1) is 0 Å². The van der Waals surface area contributed by atoms with Crippen LogP contribution in [0.3, 0.4) is 0 Å². The molecule has 0 heterocycles. The molecule has 3 nitrogen and oxygen atoms in total. The van der Waals surface area contributed by atoms with E-state index >= 15 is 0 Å². The lowest BCUT2D eigenvalue weighted by atomic mass is 10.1. The Labute approximate surface area is 91.9 Å². The fourth-order valence-electron chi connectivity index (χ4n) is 1.07. The van der Waals surface area contributed by atoms with Gasteiger partial charge in [0.25, 0.3) is 0 Å². The summed E-state index contributed by atoms with van der Waals surface area (Å²) in [5.74, 6) is 0.255. The predicted octanol–water partition coefficient (Wildman–Crippen LogP) is 1.64. The number of carbonyl (C=O) groups is 1. The van der Waals surface area contributed by atoms with Gasteiger partial charge in [0.2, 0.25) is 5.91 Å². The number of aliphatic hydroxyl groups excluding tert-OH is 1. The maximum absolute atomic E-state index is 11.2. The molecule has 3 heteroatoms. The molecule has 0 fully saturated rings. The first-order chi connectivity index (χ1) is 7.20. The van der Waals surface area contributed by atoms with E-state index in [0.29, 0.717) is 12.5 Å². The molecule has 15 heavy (non-hydrogen) atoms. The van der Waals surface area contributed by atoms with Gasteiger partial charge in [-0.05, 0) is 25.7 Å². The Morgan fingerprint density at radius 1 is 1.47 bits per heavy atom. The van der Waals surface area contributed by atoms with Crippen molar-refractivity contribution >= 4 is 5.91 Å². The summed E-state index contributed by atoms with van der Waals surface area (Å²) in [5, 5.41) is 11.6. The molecule has 0 radical (unpaired) electrons. The molecule has 1 atom stereocenters. The molecule has 0 aromatic heterocycles. The first-order valence-corrected chi connectivity index (χ1v) is 5.38. The number of amides is 1. The fraction of sp³-hybridized carbons (Fsp3) is 0.583. The Hall–Kier alpha value is -1.09. The van der Waals surface area contributed by atoms with Gasteiger partial charge in [-0.1, -0.05) is 25.2 Å². The minimum Gasteiger partial charge on any atom is -0.396 e. The highest BCUT2D eigenvalue weighted by Gasteiger charge is 1.99. The standard InChI is InChI=1S/C12H21NO2/c1-3-4-5-8-12(15)13-9-6-7-11(2)10-14/h3-5,8,11,14H,6-7,9-10H2,1-2H3,(H,13,15). The third-order valence-corrected chi connectivity index (χ3v) is 2.04. The second kappa shape index (κ2) is 9.46. The van der Waals surface area contributed by atoms with Crippen molar-refractivity contribution in [2.24, 2.45) is 5.92 Å². The second-order valence-corrected chi connectivity index (χ2v) is 3.61. The van der Waals surface area contributed by atoms with Crippen molar-refractivity contribution in [3.05, 3.63) is 24.3 Å². The minimum atomic E-state index is -0.0650. The van der Waals surface area contributed by atoms with Gasteiger partial charge >= 0.3 is 0 Å². The monoisotopic (exact) mass is 211 g/mol. The summed E-state index contributed by atoms with van der Waals surface area (Å²) in [4.78, 5) is 11.2. The topological polar surface area (TPSA) is 49.3 Å². The summed E-state index contributed by atoms with van der Waals surface area (Å²) in [6.07, 6.45) is 8.75. The summed E-state index contributed by atoms with van der Waals surface area (Å²) in [6, 6.07) is 0. The summed E-state index contributed by atoms with van der Waals surface area (Å²) in [5.41, 5.74) is 0. The maximum Gasteiger partial charge on any atom is 0.243 e. The summed E-state index contributed by atoms with van der Waals surface area (Å²) in [7, 11) is 0. The zero-order valence-electron chi connectivity index (χ0n) is 9.57. The zero-order chi connectivity index (χ0) is 11.5. The van der Waals surface area contributed by atoms with Crippen molar-refractivity contribution in [1.29, 1.82) is 0 Å². The van der Waals surface area contributed by atoms with E-state index in [9.17, 15) is 4.79 Å². The number of aliphatic hydroxyl groups is 1. The third-order valence-electron chi connectivity index (χ3n) is 2.04. The largest absolute Gasteiger partial charge is 0.396 e. The van der Waals surface area contributed by atoms with Crippen LogP contribution in [0.4, 0.5) is 0 Å². The summed E-state index contributed by atoms with van der Waals surface area (Å²) >= 11 is 0. The molecule has 1 amide bonds. The molecule has 0 saturated heterocycles. The molecule has 0 aliphatic rings. The lowest BCUT2D eigenvalue weighted by Gasteiger charge is -2.06. The minimum absolute atomic E-state index is 0.0650. The molecule has 2 N–H and O–H groups in total. The van der Waals surface area contributed by atoms with Crippen LogP contribution >= 0.6 is 0 Å². The van der Waals surface area contributed by atoms with Gasteiger partial charge in [-0.25, -0.2) is 0 Å². The van der Waals surface area contributed by atoms with Crippen LogP contribution in [0.15, 0.2) is 24.3 Å². The van der Waals surface area contributed by atoms with Gasteiger partial charge < -0.3 is 10.4 Å². The van der Waals surface area contributed by atoms with Crippen LogP contribution in [0, 0.1) is 5.92 Å². The summed E-state index contributed by atoms with van der Waals surface area (Å²) in [6.45, 7) is 4.78. The number of nitrogens with one attached hydrogen (secondary N) is 1. The number of allylic oxidation sites excluding steroid dienone is 3. The molecule has 0 spiro atoms. The quantitative estimate of drug-likeness (QED) is 0.382. The lowest BCUT2D eigenvalue weighted by Crippen LogP contribution is -2.22. The average molecular weight is 211 g/mol. The second-order valence-electron chi connectivity index (χ2n) is 3.61. The Morgan fingerprint density at radius 2 is 2.20 bits per heavy atom. The van der Waals surface area contributed by atoms with Crippen molar-refractivity contribution < 1.29 is 9.90 Å². The predicted molar refractivity (Wildman–Crippen MR) is 62.4 cm³/mol. The average Bonchev–Trinajstić information content (AvgIpc) is 2.24. The van der Waals surface area contributed by atoms with E-state index in [2.05, 4.69) is 5.32 Å². The van der Waals surface area contributed by atoms with Crippen LogP contribution in [-0.2, 0) is 4.79 Å². The van der Waals surface area contributed by atoms with E-state index < -0.39 is 0 Å². The first-order valence-electron chi connectivity index (χ1n) is 5.38. The third kappa shape index (κ3) is 9.22. The molecule has 1 unspecified atom stereocenters. The van der Waals surface area contributed by atoms with Gasteiger partial charge in [-0.3, -0.25) is 4.79 Å². The van der Waals surface area contributed by atoms with Gasteiger partial charge in [0.1, 0.15) is 0 Å². The molecule has 0 aliphatic heterocycles. The van der Waals surface area contributed by atoms with E-state index in [-0.39, 0.29) is 12.5 Å². The molecule has 86 valence electrons. The first kappa shape index (κ1) is 13.9. The lowest BCUT2D eigenvalue weighted by molar-refractivity contribution is -0.116. The van der Waals surface area contributed by atoms with Crippen LogP contribution in [0.2, 0.25) is 0 Å². The number of hydrogen-bond acceptors (Lipinski definition) is 2. The molecule has 0 bridgehead atoms. The van der Waals surface area contributed by atoms with Gasteiger partial charge in [0.15, 0.2) is 0 Å². The molecule has 0 aliphatic carbocycles. The smallest absolute Gasteiger partial charge is 0.243 e. The van der Waals surface area contributed by atoms with Crippen molar-refractivity contribution in [1.82, 2.24) is 5.32 Å². The molecular formula is C12H21NO2. The number of hydrogen-bond donors (Lipinski definition) is 2. The highest BCUT2D eigenvalue weighted by molar-refractivity contribution is 5.87. The molecule has 0 rings (SSSR count). The molecular weight excluding hydrogens is 190 g/mol. The maximum atomic E-state index is 11.2. The Morgan fingerprint density at radius 3 is 2.80 bits per heavy atom. The van der Waals surface area contributed by atoms with E-state index in [4.69, 9.17) is 5.11 Å². The van der Waals surface area contributed by atoms with Gasteiger partial charge in [-0.2, -0.15) is 0 Å². The van der Waals surface area contributed by atoms with Crippen molar-refractivity contribution in [3.63, 3.8) is 0 Å². The van der Waals surface area contributed by atoms with Crippen LogP contribution in [0.1, 0.15) is 26.7 Å². The normalized spacial score (nSPS) is 13.5.